The fourth-order valence-corrected chi connectivity index (χ4v) is 2.14. The number of pyridine rings is 1. The minimum atomic E-state index is 0.808. The molecule has 96 valence electrons. The summed E-state index contributed by atoms with van der Waals surface area (Å²) in [5.74, 6) is 0.932. The first-order valence-corrected chi connectivity index (χ1v) is 6.39. The van der Waals surface area contributed by atoms with Gasteiger partial charge in [0.05, 0.1) is 12.7 Å². The number of hydrogen-bond acceptors (Lipinski definition) is 3. The predicted molar refractivity (Wildman–Crippen MR) is 77.2 cm³/mol. The summed E-state index contributed by atoms with van der Waals surface area (Å²) in [6.45, 7) is 3.68. The molecule has 0 fully saturated rings. The second-order valence-corrected chi connectivity index (χ2v) is 4.59. The molecule has 0 aliphatic heterocycles. The van der Waals surface area contributed by atoms with Crippen molar-refractivity contribution in [1.29, 1.82) is 0 Å². The minimum absolute atomic E-state index is 0.808. The molecule has 0 radical (unpaired) electrons. The summed E-state index contributed by atoms with van der Waals surface area (Å²) < 4.78 is 1.94. The van der Waals surface area contributed by atoms with Crippen LogP contribution in [0.5, 0.6) is 0 Å². The van der Waals surface area contributed by atoms with Crippen LogP contribution in [0.15, 0.2) is 48.9 Å². The Morgan fingerprint density at radius 1 is 1.21 bits per heavy atom. The van der Waals surface area contributed by atoms with Gasteiger partial charge in [-0.05, 0) is 23.9 Å². The highest BCUT2D eigenvalue weighted by Crippen LogP contribution is 2.19. The molecule has 0 saturated carbocycles. The normalized spacial score (nSPS) is 10.8. The quantitative estimate of drug-likeness (QED) is 0.776. The molecule has 0 saturated heterocycles. The van der Waals surface area contributed by atoms with Gasteiger partial charge in [0.25, 0.3) is 0 Å². The van der Waals surface area contributed by atoms with Crippen LogP contribution in [0.1, 0.15) is 5.56 Å². The van der Waals surface area contributed by atoms with E-state index in [2.05, 4.69) is 27.5 Å². The van der Waals surface area contributed by atoms with Crippen molar-refractivity contribution in [2.45, 2.75) is 13.5 Å². The summed E-state index contributed by atoms with van der Waals surface area (Å²) in [7, 11) is 0. The number of hydrogen-bond donors (Lipinski definition) is 1. The molecule has 3 rings (SSSR count). The van der Waals surface area contributed by atoms with Crippen molar-refractivity contribution in [3.05, 3.63) is 54.5 Å². The Kier molecular flexibility index (Phi) is 3.14. The first kappa shape index (κ1) is 11.7. The monoisotopic (exact) mass is 252 g/mol. The molecule has 4 nitrogen and oxygen atoms in total. The number of rotatable bonds is 4. The highest BCUT2D eigenvalue weighted by Gasteiger charge is 2.01. The summed E-state index contributed by atoms with van der Waals surface area (Å²) in [4.78, 5) is 4.40. The topological polar surface area (TPSA) is 42.7 Å². The van der Waals surface area contributed by atoms with E-state index in [1.54, 1.807) is 0 Å². The number of fused-ring (bicyclic) bond motifs is 1. The van der Waals surface area contributed by atoms with Crippen LogP contribution in [0.25, 0.3) is 10.8 Å². The summed E-state index contributed by atoms with van der Waals surface area (Å²) in [6.07, 6.45) is 5.75. The lowest BCUT2D eigenvalue weighted by Crippen LogP contribution is -2.11. The van der Waals surface area contributed by atoms with Crippen molar-refractivity contribution in [3.63, 3.8) is 0 Å². The zero-order valence-electron chi connectivity index (χ0n) is 10.9. The molecular formula is C15H16N4. The fraction of sp³-hybridized carbons (Fsp3) is 0.200. The average Bonchev–Trinajstić information content (AvgIpc) is 2.85. The van der Waals surface area contributed by atoms with Gasteiger partial charge in [-0.1, -0.05) is 24.3 Å². The standard InChI is InChI=1S/C15H16N4/c1-12-10-18-19(11-12)9-8-17-15-14-5-3-2-4-13(14)6-7-16-15/h2-7,10-11H,8-9H2,1H3,(H,16,17). The van der Waals surface area contributed by atoms with Crippen LogP contribution in [-0.4, -0.2) is 21.3 Å². The number of aromatic nitrogens is 3. The van der Waals surface area contributed by atoms with Crippen LogP contribution >= 0.6 is 0 Å². The van der Waals surface area contributed by atoms with Gasteiger partial charge in [-0.25, -0.2) is 4.98 Å². The van der Waals surface area contributed by atoms with E-state index < -0.39 is 0 Å². The maximum absolute atomic E-state index is 4.40. The molecule has 4 heteroatoms. The Morgan fingerprint density at radius 3 is 2.95 bits per heavy atom. The lowest BCUT2D eigenvalue weighted by Gasteiger charge is -2.08. The Balaban J connectivity index is 1.71. The van der Waals surface area contributed by atoms with E-state index in [9.17, 15) is 0 Å². The maximum atomic E-state index is 4.40. The Bertz CT molecular complexity index is 682. The highest BCUT2D eigenvalue weighted by molar-refractivity contribution is 5.91. The molecule has 1 N–H and O–H groups in total. The van der Waals surface area contributed by atoms with Gasteiger partial charge in [0.15, 0.2) is 0 Å². The largest absolute Gasteiger partial charge is 0.368 e. The zero-order valence-corrected chi connectivity index (χ0v) is 10.9. The molecule has 0 amide bonds. The van der Waals surface area contributed by atoms with Gasteiger partial charge in [0, 0.05) is 24.3 Å². The van der Waals surface area contributed by atoms with Crippen molar-refractivity contribution in [3.8, 4) is 0 Å². The molecular weight excluding hydrogens is 236 g/mol. The number of nitrogens with one attached hydrogen (secondary N) is 1. The van der Waals surface area contributed by atoms with E-state index in [1.807, 2.05) is 48.4 Å². The molecule has 0 bridgehead atoms. The molecule has 3 aromatic rings. The second kappa shape index (κ2) is 5.10. The van der Waals surface area contributed by atoms with Crippen LogP contribution in [0, 0.1) is 6.92 Å². The van der Waals surface area contributed by atoms with E-state index in [0.29, 0.717) is 0 Å². The summed E-state index contributed by atoms with van der Waals surface area (Å²) in [5, 5.41) is 10.00. The number of aryl methyl sites for hydroxylation is 1. The van der Waals surface area contributed by atoms with Crippen LogP contribution < -0.4 is 5.32 Å². The van der Waals surface area contributed by atoms with E-state index >= 15 is 0 Å². The summed E-state index contributed by atoms with van der Waals surface area (Å²) >= 11 is 0. The molecule has 0 unspecified atom stereocenters. The number of anilines is 1. The van der Waals surface area contributed by atoms with Crippen LogP contribution in [0.4, 0.5) is 5.82 Å². The third-order valence-corrected chi connectivity index (χ3v) is 3.07. The lowest BCUT2D eigenvalue weighted by molar-refractivity contribution is 0.637. The van der Waals surface area contributed by atoms with Gasteiger partial charge in [-0.3, -0.25) is 4.68 Å². The Hall–Kier alpha value is -2.36. The average molecular weight is 252 g/mol. The molecule has 0 atom stereocenters. The third kappa shape index (κ3) is 2.57. The van der Waals surface area contributed by atoms with E-state index in [-0.39, 0.29) is 0 Å². The van der Waals surface area contributed by atoms with Crippen molar-refractivity contribution >= 4 is 16.6 Å². The van der Waals surface area contributed by atoms with Crippen molar-refractivity contribution in [2.24, 2.45) is 0 Å². The molecule has 19 heavy (non-hydrogen) atoms. The number of nitrogens with zero attached hydrogens (tertiary/aromatic N) is 3. The first-order valence-electron chi connectivity index (χ1n) is 6.39. The summed E-state index contributed by atoms with van der Waals surface area (Å²) in [6, 6.07) is 10.3. The van der Waals surface area contributed by atoms with Crippen LogP contribution in [0.3, 0.4) is 0 Å². The maximum Gasteiger partial charge on any atom is 0.133 e. The fourth-order valence-electron chi connectivity index (χ4n) is 2.14. The predicted octanol–water partition coefficient (Wildman–Crippen LogP) is 2.85. The van der Waals surface area contributed by atoms with Gasteiger partial charge < -0.3 is 5.32 Å². The van der Waals surface area contributed by atoms with E-state index in [0.717, 1.165) is 24.3 Å². The smallest absolute Gasteiger partial charge is 0.133 e. The van der Waals surface area contributed by atoms with Gasteiger partial charge in [0.1, 0.15) is 5.82 Å². The second-order valence-electron chi connectivity index (χ2n) is 4.59. The molecule has 0 aliphatic carbocycles. The first-order chi connectivity index (χ1) is 9.33. The van der Waals surface area contributed by atoms with Crippen molar-refractivity contribution in [2.75, 3.05) is 11.9 Å². The van der Waals surface area contributed by atoms with Gasteiger partial charge >= 0.3 is 0 Å². The zero-order chi connectivity index (χ0) is 13.1. The lowest BCUT2D eigenvalue weighted by atomic mass is 10.1. The molecule has 2 heterocycles. The number of benzene rings is 1. The summed E-state index contributed by atoms with van der Waals surface area (Å²) in [5.41, 5.74) is 1.18. The highest BCUT2D eigenvalue weighted by atomic mass is 15.3. The molecule has 1 aromatic carbocycles. The van der Waals surface area contributed by atoms with E-state index in [1.165, 1.54) is 10.9 Å². The SMILES string of the molecule is Cc1cnn(CCNc2nccc3ccccc23)c1. The molecule has 0 aliphatic rings. The van der Waals surface area contributed by atoms with Crippen molar-refractivity contribution < 1.29 is 0 Å². The van der Waals surface area contributed by atoms with Gasteiger partial charge in [-0.2, -0.15) is 5.10 Å². The van der Waals surface area contributed by atoms with Gasteiger partial charge in [0.2, 0.25) is 0 Å². The molecule has 0 spiro atoms. The van der Waals surface area contributed by atoms with E-state index in [4.69, 9.17) is 0 Å². The Morgan fingerprint density at radius 2 is 2.11 bits per heavy atom. The Labute approximate surface area is 112 Å². The minimum Gasteiger partial charge on any atom is -0.368 e. The van der Waals surface area contributed by atoms with Crippen molar-refractivity contribution in [1.82, 2.24) is 14.8 Å². The van der Waals surface area contributed by atoms with Gasteiger partial charge in [-0.15, -0.1) is 0 Å². The van der Waals surface area contributed by atoms with Crippen LogP contribution in [-0.2, 0) is 6.54 Å². The van der Waals surface area contributed by atoms with Crippen LogP contribution in [0.2, 0.25) is 0 Å². The third-order valence-electron chi connectivity index (χ3n) is 3.07. The molecule has 2 aromatic heterocycles.